The van der Waals surface area contributed by atoms with Gasteiger partial charge in [0.25, 0.3) is 0 Å². The van der Waals surface area contributed by atoms with Crippen LogP contribution in [0, 0.1) is 11.8 Å². The number of esters is 1. The Morgan fingerprint density at radius 3 is 2.70 bits per heavy atom. The number of carbonyl (C=O) groups is 1. The van der Waals surface area contributed by atoms with Crippen molar-refractivity contribution in [1.82, 2.24) is 0 Å². The van der Waals surface area contributed by atoms with Gasteiger partial charge in [0.2, 0.25) is 0 Å². The molecule has 5 atom stereocenters. The Morgan fingerprint density at radius 2 is 2.00 bits per heavy atom. The first-order valence-electron chi connectivity index (χ1n) is 10.9. The largest absolute Gasteiger partial charge is 0.491 e. The number of benzene rings is 1. The van der Waals surface area contributed by atoms with E-state index >= 15 is 0 Å². The zero-order valence-electron chi connectivity index (χ0n) is 18.4. The number of allylic oxidation sites excluding steroid dienone is 1. The molecule has 0 amide bonds. The molecule has 0 heterocycles. The molecule has 0 saturated heterocycles. The summed E-state index contributed by atoms with van der Waals surface area (Å²) in [5, 5.41) is 30.7. The fourth-order valence-corrected chi connectivity index (χ4v) is 3.92. The van der Waals surface area contributed by atoms with E-state index in [9.17, 15) is 33.3 Å². The van der Waals surface area contributed by atoms with Gasteiger partial charge in [-0.25, -0.2) is 4.79 Å². The normalized spacial score (nSPS) is 24.5. The highest BCUT2D eigenvalue weighted by atomic mass is 19.4. The maximum Gasteiger partial charge on any atom is 0.416 e. The van der Waals surface area contributed by atoms with Crippen LogP contribution in [0.15, 0.2) is 48.6 Å². The molecule has 0 unspecified atom stereocenters. The second kappa shape index (κ2) is 12.8. The summed E-state index contributed by atoms with van der Waals surface area (Å²) in [6.45, 7) is -0.250. The zero-order valence-corrected chi connectivity index (χ0v) is 18.4. The lowest BCUT2D eigenvalue weighted by molar-refractivity contribution is -0.137. The van der Waals surface area contributed by atoms with E-state index in [-0.39, 0.29) is 30.6 Å². The molecule has 0 aliphatic heterocycles. The summed E-state index contributed by atoms with van der Waals surface area (Å²) in [5.41, 5.74) is -0.836. The number of alkyl halides is 3. The van der Waals surface area contributed by atoms with Crippen molar-refractivity contribution in [1.29, 1.82) is 0 Å². The van der Waals surface area contributed by atoms with Crippen LogP contribution in [0.25, 0.3) is 0 Å². The standard InChI is InChI=1S/C24H31F3O6/c1-32-23(31)10-5-3-2-4-9-19-20(22(30)14-21(19)29)12-11-17(28)15-33-18-8-6-7-16(13-18)24(25,26)27/h5-8,10-13,17,19-22,28-30H,2-4,9,14-15H2,1H3/b10-5+,12-11?/t17-,19-,20-,21+,22-/m1/s1. The number of hydrogen-bond donors (Lipinski definition) is 3. The molecule has 1 saturated carbocycles. The van der Waals surface area contributed by atoms with Crippen molar-refractivity contribution in [3.8, 4) is 5.75 Å². The summed E-state index contributed by atoms with van der Waals surface area (Å²) >= 11 is 0. The third-order valence-corrected chi connectivity index (χ3v) is 5.67. The highest BCUT2D eigenvalue weighted by Gasteiger charge is 2.39. The maximum absolute atomic E-state index is 12.8. The lowest BCUT2D eigenvalue weighted by Crippen LogP contribution is -2.22. The summed E-state index contributed by atoms with van der Waals surface area (Å²) in [6.07, 6.45) is 2.35. The summed E-state index contributed by atoms with van der Waals surface area (Å²) in [4.78, 5) is 11.0. The van der Waals surface area contributed by atoms with Crippen molar-refractivity contribution < 1.29 is 42.8 Å². The zero-order chi connectivity index (χ0) is 24.4. The van der Waals surface area contributed by atoms with Crippen LogP contribution in [0.5, 0.6) is 5.75 Å². The van der Waals surface area contributed by atoms with Crippen LogP contribution < -0.4 is 4.74 Å². The van der Waals surface area contributed by atoms with Gasteiger partial charge in [-0.05, 0) is 43.4 Å². The van der Waals surface area contributed by atoms with E-state index in [1.165, 1.54) is 31.4 Å². The van der Waals surface area contributed by atoms with Crippen molar-refractivity contribution in [2.24, 2.45) is 11.8 Å². The second-order valence-electron chi connectivity index (χ2n) is 8.11. The van der Waals surface area contributed by atoms with Gasteiger partial charge in [-0.2, -0.15) is 13.2 Å². The number of ether oxygens (including phenoxy) is 2. The molecule has 1 aromatic carbocycles. The third kappa shape index (κ3) is 8.83. The minimum Gasteiger partial charge on any atom is -0.491 e. The van der Waals surface area contributed by atoms with Gasteiger partial charge in [0.15, 0.2) is 0 Å². The molecule has 1 aliphatic rings. The molecule has 0 spiro atoms. The van der Waals surface area contributed by atoms with Gasteiger partial charge in [-0.3, -0.25) is 0 Å². The number of aliphatic hydroxyl groups is 3. The molecule has 1 aliphatic carbocycles. The van der Waals surface area contributed by atoms with E-state index in [0.29, 0.717) is 12.8 Å². The third-order valence-electron chi connectivity index (χ3n) is 5.67. The van der Waals surface area contributed by atoms with Crippen molar-refractivity contribution in [3.63, 3.8) is 0 Å². The lowest BCUT2D eigenvalue weighted by atomic mass is 9.88. The molecule has 0 aromatic heterocycles. The highest BCUT2D eigenvalue weighted by Crippen LogP contribution is 2.37. The smallest absolute Gasteiger partial charge is 0.416 e. The fourth-order valence-electron chi connectivity index (χ4n) is 3.92. The van der Waals surface area contributed by atoms with Crippen LogP contribution >= 0.6 is 0 Å². The van der Waals surface area contributed by atoms with Crippen LogP contribution in [0.1, 0.15) is 37.7 Å². The van der Waals surface area contributed by atoms with Gasteiger partial charge in [0, 0.05) is 18.4 Å². The molecular formula is C24H31F3O6. The van der Waals surface area contributed by atoms with Crippen molar-refractivity contribution in [2.75, 3.05) is 13.7 Å². The number of carbonyl (C=O) groups excluding carboxylic acids is 1. The Bertz CT molecular complexity index is 808. The minimum atomic E-state index is -4.48. The summed E-state index contributed by atoms with van der Waals surface area (Å²) < 4.78 is 48.1. The number of rotatable bonds is 11. The van der Waals surface area contributed by atoms with E-state index < -0.39 is 36.0 Å². The number of aliphatic hydroxyl groups excluding tert-OH is 3. The number of unbranched alkanes of at least 4 members (excludes halogenated alkanes) is 2. The first-order valence-corrected chi connectivity index (χ1v) is 10.9. The Labute approximate surface area is 191 Å². The number of methoxy groups -OCH3 is 1. The molecule has 6 nitrogen and oxygen atoms in total. The van der Waals surface area contributed by atoms with E-state index in [2.05, 4.69) is 4.74 Å². The molecule has 0 bridgehead atoms. The molecule has 9 heteroatoms. The van der Waals surface area contributed by atoms with E-state index in [0.717, 1.165) is 25.0 Å². The first kappa shape index (κ1) is 26.9. The average Bonchev–Trinajstić information content (AvgIpc) is 3.04. The first-order chi connectivity index (χ1) is 15.6. The molecule has 0 radical (unpaired) electrons. The Kier molecular flexibility index (Phi) is 10.4. The average molecular weight is 473 g/mol. The van der Waals surface area contributed by atoms with Gasteiger partial charge in [-0.1, -0.05) is 30.7 Å². The van der Waals surface area contributed by atoms with Gasteiger partial charge in [0.05, 0.1) is 24.9 Å². The molecule has 33 heavy (non-hydrogen) atoms. The van der Waals surface area contributed by atoms with E-state index in [4.69, 9.17) is 4.74 Å². The number of halogens is 3. The summed E-state index contributed by atoms with van der Waals surface area (Å²) in [6, 6.07) is 4.40. The van der Waals surface area contributed by atoms with Crippen molar-refractivity contribution in [3.05, 3.63) is 54.1 Å². The second-order valence-corrected chi connectivity index (χ2v) is 8.11. The summed E-state index contributed by atoms with van der Waals surface area (Å²) in [5.74, 6) is -0.955. The quantitative estimate of drug-likeness (QED) is 0.197. The predicted octanol–water partition coefficient (Wildman–Crippen LogP) is 3.65. The molecular weight excluding hydrogens is 441 g/mol. The molecule has 1 aromatic rings. The monoisotopic (exact) mass is 472 g/mol. The van der Waals surface area contributed by atoms with E-state index in [1.54, 1.807) is 12.2 Å². The van der Waals surface area contributed by atoms with E-state index in [1.807, 2.05) is 0 Å². The molecule has 1 fully saturated rings. The SMILES string of the molecule is COC(=O)/C=C/CCCC[C@@H]1[C@@H](C=C[C@@H](O)COc2cccc(C(F)(F)F)c2)[C@H](O)C[C@@H]1O. The topological polar surface area (TPSA) is 96.2 Å². The van der Waals surface area contributed by atoms with Gasteiger partial charge in [0.1, 0.15) is 18.5 Å². The van der Waals surface area contributed by atoms with Crippen LogP contribution in [-0.4, -0.2) is 53.3 Å². The van der Waals surface area contributed by atoms with Crippen molar-refractivity contribution >= 4 is 5.97 Å². The van der Waals surface area contributed by atoms with Crippen LogP contribution in [0.3, 0.4) is 0 Å². The Balaban J connectivity index is 1.84. The fraction of sp³-hybridized carbons (Fsp3) is 0.542. The predicted molar refractivity (Wildman–Crippen MR) is 115 cm³/mol. The summed E-state index contributed by atoms with van der Waals surface area (Å²) in [7, 11) is 1.31. The van der Waals surface area contributed by atoms with Crippen molar-refractivity contribution in [2.45, 2.75) is 56.6 Å². The van der Waals surface area contributed by atoms with Gasteiger partial charge >= 0.3 is 12.1 Å². The number of hydrogen-bond acceptors (Lipinski definition) is 6. The van der Waals surface area contributed by atoms with Gasteiger partial charge < -0.3 is 24.8 Å². The molecule has 2 rings (SSSR count). The van der Waals surface area contributed by atoms with Gasteiger partial charge in [-0.15, -0.1) is 0 Å². The van der Waals surface area contributed by atoms with Crippen LogP contribution in [0.2, 0.25) is 0 Å². The lowest BCUT2D eigenvalue weighted by Gasteiger charge is -2.21. The molecule has 3 N–H and O–H groups in total. The highest BCUT2D eigenvalue weighted by molar-refractivity contribution is 5.81. The maximum atomic E-state index is 12.8. The Hall–Kier alpha value is -2.36. The Morgan fingerprint density at radius 1 is 1.24 bits per heavy atom. The van der Waals surface area contributed by atoms with Crippen LogP contribution in [-0.2, 0) is 15.7 Å². The van der Waals surface area contributed by atoms with Crippen LogP contribution in [0.4, 0.5) is 13.2 Å². The molecule has 184 valence electrons. The minimum absolute atomic E-state index is 0.00674.